The maximum Gasteiger partial charge on any atom is 0.281 e. The molecule has 0 unspecified atom stereocenters. The Morgan fingerprint density at radius 3 is 2.67 bits per heavy atom. The molecule has 0 aliphatic carbocycles. The summed E-state index contributed by atoms with van der Waals surface area (Å²) in [7, 11) is 1.62. The molecule has 0 aliphatic heterocycles. The Morgan fingerprint density at radius 1 is 1.13 bits per heavy atom. The van der Waals surface area contributed by atoms with Crippen molar-refractivity contribution in [2.45, 2.75) is 6.54 Å². The molecule has 1 N–H and O–H groups in total. The quantitative estimate of drug-likeness (QED) is 0.501. The zero-order valence-electron chi connectivity index (χ0n) is 16.1. The fourth-order valence-electron chi connectivity index (χ4n) is 2.85. The SMILES string of the molecule is COc1ccc(CNc2nc(-c3cccnc3)nn2C(=O)c2cccc(Cl)c2)cc1. The molecule has 0 amide bonds. The van der Waals surface area contributed by atoms with E-state index in [1.54, 1.807) is 49.8 Å². The van der Waals surface area contributed by atoms with Gasteiger partial charge >= 0.3 is 0 Å². The number of nitrogens with zero attached hydrogens (tertiary/aromatic N) is 4. The zero-order chi connectivity index (χ0) is 20.9. The molecule has 4 aromatic rings. The molecular weight excluding hydrogens is 402 g/mol. The van der Waals surface area contributed by atoms with Crippen molar-refractivity contribution in [2.75, 3.05) is 12.4 Å². The number of hydrogen-bond donors (Lipinski definition) is 1. The standard InChI is InChI=1S/C22H18ClN5O2/c1-30-19-9-7-15(8-10-19)13-25-22-26-20(17-5-3-11-24-14-17)27-28(22)21(29)16-4-2-6-18(23)12-16/h2-12,14H,13H2,1H3,(H,25,26,27). The number of rotatable bonds is 6. The van der Waals surface area contributed by atoms with E-state index in [1.165, 1.54) is 4.68 Å². The number of methoxy groups -OCH3 is 1. The first-order valence-corrected chi connectivity index (χ1v) is 9.56. The number of carbonyl (C=O) groups excluding carboxylic acids is 1. The Morgan fingerprint density at radius 2 is 1.97 bits per heavy atom. The maximum atomic E-state index is 13.1. The monoisotopic (exact) mass is 419 g/mol. The van der Waals surface area contributed by atoms with Gasteiger partial charge in [-0.3, -0.25) is 9.78 Å². The van der Waals surface area contributed by atoms with E-state index >= 15 is 0 Å². The van der Waals surface area contributed by atoms with Crippen LogP contribution in [0, 0.1) is 0 Å². The molecule has 8 heteroatoms. The Labute approximate surface area is 178 Å². The Bertz CT molecular complexity index is 1160. The predicted molar refractivity (Wildman–Crippen MR) is 115 cm³/mol. The minimum absolute atomic E-state index is 0.328. The van der Waals surface area contributed by atoms with Crippen molar-refractivity contribution < 1.29 is 9.53 Å². The summed E-state index contributed by atoms with van der Waals surface area (Å²) in [6.45, 7) is 0.456. The van der Waals surface area contributed by atoms with E-state index in [-0.39, 0.29) is 5.91 Å². The lowest BCUT2D eigenvalue weighted by Gasteiger charge is -2.08. The third kappa shape index (κ3) is 4.31. The molecule has 2 aromatic carbocycles. The van der Waals surface area contributed by atoms with E-state index in [4.69, 9.17) is 16.3 Å². The predicted octanol–water partition coefficient (Wildman–Crippen LogP) is 4.30. The number of ether oxygens (including phenoxy) is 1. The lowest BCUT2D eigenvalue weighted by Crippen LogP contribution is -2.17. The summed E-state index contributed by atoms with van der Waals surface area (Å²) in [5.74, 6) is 1.17. The highest BCUT2D eigenvalue weighted by molar-refractivity contribution is 6.31. The van der Waals surface area contributed by atoms with Crippen LogP contribution in [-0.2, 0) is 6.54 Å². The average Bonchev–Trinajstić information content (AvgIpc) is 3.22. The molecule has 150 valence electrons. The molecule has 0 saturated heterocycles. The van der Waals surface area contributed by atoms with Crippen LogP contribution in [0.3, 0.4) is 0 Å². The Hall–Kier alpha value is -3.71. The number of pyridine rings is 1. The van der Waals surface area contributed by atoms with Crippen molar-refractivity contribution in [1.82, 2.24) is 19.7 Å². The fraction of sp³-hybridized carbons (Fsp3) is 0.0909. The number of anilines is 1. The van der Waals surface area contributed by atoms with Crippen molar-refractivity contribution in [3.63, 3.8) is 0 Å². The number of halogens is 1. The van der Waals surface area contributed by atoms with Gasteiger partial charge in [-0.05, 0) is 48.0 Å². The minimum atomic E-state index is -0.336. The minimum Gasteiger partial charge on any atom is -0.497 e. The second-order valence-corrected chi connectivity index (χ2v) is 6.87. The molecule has 0 atom stereocenters. The van der Waals surface area contributed by atoms with Gasteiger partial charge in [-0.1, -0.05) is 29.8 Å². The van der Waals surface area contributed by atoms with Gasteiger partial charge in [0.05, 0.1) is 7.11 Å². The molecule has 0 saturated carbocycles. The molecule has 0 bridgehead atoms. The van der Waals surface area contributed by atoms with Crippen LogP contribution >= 0.6 is 11.6 Å². The maximum absolute atomic E-state index is 13.1. The molecule has 0 fully saturated rings. The topological polar surface area (TPSA) is 81.9 Å². The average molecular weight is 420 g/mol. The number of hydrogen-bond acceptors (Lipinski definition) is 6. The van der Waals surface area contributed by atoms with Crippen LogP contribution < -0.4 is 10.1 Å². The second kappa shape index (κ2) is 8.75. The molecule has 2 heterocycles. The van der Waals surface area contributed by atoms with Gasteiger partial charge in [0.1, 0.15) is 5.75 Å². The fourth-order valence-corrected chi connectivity index (χ4v) is 3.04. The zero-order valence-corrected chi connectivity index (χ0v) is 16.9. The van der Waals surface area contributed by atoms with Gasteiger partial charge < -0.3 is 10.1 Å². The van der Waals surface area contributed by atoms with Crippen LogP contribution in [0.5, 0.6) is 5.75 Å². The number of aromatic nitrogens is 4. The molecular formula is C22H18ClN5O2. The number of carbonyl (C=O) groups is 1. The van der Waals surface area contributed by atoms with E-state index in [1.807, 2.05) is 30.3 Å². The number of nitrogens with one attached hydrogen (secondary N) is 1. The molecule has 4 rings (SSSR count). The lowest BCUT2D eigenvalue weighted by atomic mass is 10.2. The molecule has 2 aromatic heterocycles. The molecule has 0 radical (unpaired) electrons. The van der Waals surface area contributed by atoms with Crippen molar-refractivity contribution >= 4 is 23.5 Å². The van der Waals surface area contributed by atoms with Crippen LogP contribution in [-0.4, -0.2) is 32.8 Å². The Kier molecular flexibility index (Phi) is 5.72. The van der Waals surface area contributed by atoms with Crippen LogP contribution in [0.15, 0.2) is 73.1 Å². The molecule has 30 heavy (non-hydrogen) atoms. The summed E-state index contributed by atoms with van der Waals surface area (Å²) in [5, 5.41) is 8.09. The highest BCUT2D eigenvalue weighted by Gasteiger charge is 2.19. The molecule has 0 aliphatic rings. The third-order valence-corrected chi connectivity index (χ3v) is 4.64. The van der Waals surface area contributed by atoms with Crippen molar-refractivity contribution in [1.29, 1.82) is 0 Å². The van der Waals surface area contributed by atoms with Gasteiger partial charge in [0.25, 0.3) is 5.91 Å². The van der Waals surface area contributed by atoms with Gasteiger partial charge in [-0.25, -0.2) is 0 Å². The summed E-state index contributed by atoms with van der Waals surface area (Å²) in [6, 6.07) is 18.0. The van der Waals surface area contributed by atoms with Gasteiger partial charge in [0.2, 0.25) is 5.95 Å². The Balaban J connectivity index is 1.66. The van der Waals surface area contributed by atoms with Gasteiger partial charge in [0.15, 0.2) is 5.82 Å². The van der Waals surface area contributed by atoms with E-state index < -0.39 is 0 Å². The first-order chi connectivity index (χ1) is 14.6. The van der Waals surface area contributed by atoms with E-state index in [0.717, 1.165) is 11.3 Å². The van der Waals surface area contributed by atoms with Crippen LogP contribution in [0.25, 0.3) is 11.4 Å². The number of benzene rings is 2. The summed E-state index contributed by atoms with van der Waals surface area (Å²) >= 11 is 6.05. The first kappa shape index (κ1) is 19.6. The summed E-state index contributed by atoms with van der Waals surface area (Å²) < 4.78 is 6.43. The molecule has 0 spiro atoms. The van der Waals surface area contributed by atoms with Crippen LogP contribution in [0.1, 0.15) is 15.9 Å². The van der Waals surface area contributed by atoms with E-state index in [2.05, 4.69) is 20.4 Å². The first-order valence-electron chi connectivity index (χ1n) is 9.18. The van der Waals surface area contributed by atoms with E-state index in [0.29, 0.717) is 34.5 Å². The lowest BCUT2D eigenvalue weighted by molar-refractivity contribution is 0.0947. The normalized spacial score (nSPS) is 10.6. The second-order valence-electron chi connectivity index (χ2n) is 6.43. The smallest absolute Gasteiger partial charge is 0.281 e. The van der Waals surface area contributed by atoms with E-state index in [9.17, 15) is 4.79 Å². The largest absolute Gasteiger partial charge is 0.497 e. The summed E-state index contributed by atoms with van der Waals surface area (Å²) in [5.41, 5.74) is 2.13. The van der Waals surface area contributed by atoms with Crippen molar-refractivity contribution in [2.24, 2.45) is 0 Å². The highest BCUT2D eigenvalue weighted by atomic mass is 35.5. The summed E-state index contributed by atoms with van der Waals surface area (Å²) in [4.78, 5) is 21.7. The van der Waals surface area contributed by atoms with Gasteiger partial charge in [-0.2, -0.15) is 9.67 Å². The van der Waals surface area contributed by atoms with Crippen LogP contribution in [0.4, 0.5) is 5.95 Å². The van der Waals surface area contributed by atoms with Crippen molar-refractivity contribution in [3.05, 3.63) is 89.2 Å². The van der Waals surface area contributed by atoms with Gasteiger partial charge in [0, 0.05) is 35.1 Å². The molecule has 7 nitrogen and oxygen atoms in total. The van der Waals surface area contributed by atoms with Crippen LogP contribution in [0.2, 0.25) is 5.02 Å². The third-order valence-electron chi connectivity index (χ3n) is 4.40. The summed E-state index contributed by atoms with van der Waals surface area (Å²) in [6.07, 6.45) is 3.32. The van der Waals surface area contributed by atoms with Crippen molar-refractivity contribution in [3.8, 4) is 17.1 Å². The highest BCUT2D eigenvalue weighted by Crippen LogP contribution is 2.20. The van der Waals surface area contributed by atoms with Gasteiger partial charge in [-0.15, -0.1) is 5.10 Å².